The molecule has 0 amide bonds. The Morgan fingerprint density at radius 2 is 0.571 bits per heavy atom. The van der Waals surface area contributed by atoms with Crippen LogP contribution in [0.25, 0.3) is 0 Å². The summed E-state index contributed by atoms with van der Waals surface area (Å²) in [4.78, 5) is 0. The molecule has 8 nitrogen and oxygen atoms in total. The van der Waals surface area contributed by atoms with Crippen LogP contribution in [0.3, 0.4) is 0 Å². The standard InChI is InChI=1S/2K.2Mg.2H2O4S.6H/c;;;;2*1-5(2,3)4;;;;;;/h;;;;2*(H2,1,2,3,4);;;;;;. The van der Waals surface area contributed by atoms with Crippen LogP contribution < -0.4 is 0 Å². The zero-order valence-corrected chi connectivity index (χ0v) is 5.87. The van der Waals surface area contributed by atoms with Gasteiger partial charge < -0.3 is 0 Å². The molecule has 76 valence electrons. The van der Waals surface area contributed by atoms with Crippen molar-refractivity contribution in [1.29, 1.82) is 0 Å². The van der Waals surface area contributed by atoms with Crippen LogP contribution in [0.4, 0.5) is 0 Å². The van der Waals surface area contributed by atoms with Crippen LogP contribution in [0.2, 0.25) is 0 Å². The van der Waals surface area contributed by atoms with Gasteiger partial charge in [-0.25, -0.2) is 0 Å². The molecule has 0 bridgehead atoms. The largest absolute Gasteiger partial charge is 0.316 e. The van der Waals surface area contributed by atoms with Crippen LogP contribution in [0.1, 0.15) is 0 Å². The Morgan fingerprint density at radius 1 is 0.571 bits per heavy atom. The Kier molecular flexibility index (Phi) is 45.5. The van der Waals surface area contributed by atoms with Gasteiger partial charge in [-0.3, -0.25) is 18.2 Å². The van der Waals surface area contributed by atoms with Gasteiger partial charge in [-0.15, -0.1) is 0 Å². The second-order valence-corrected chi connectivity index (χ2v) is 2.69. The monoisotopic (exact) mass is 328 g/mol. The summed E-state index contributed by atoms with van der Waals surface area (Å²) in [5, 5.41) is 0. The van der Waals surface area contributed by atoms with E-state index in [2.05, 4.69) is 0 Å². The third-order valence-corrected chi connectivity index (χ3v) is 0. The molecule has 0 aliphatic rings. The van der Waals surface area contributed by atoms with Gasteiger partial charge in [0.2, 0.25) is 0 Å². The Balaban J connectivity index is -0.0000000178. The average Bonchev–Trinajstić information content (AvgIpc) is 1.12. The van der Waals surface area contributed by atoms with E-state index in [9.17, 15) is 0 Å². The number of rotatable bonds is 0. The van der Waals surface area contributed by atoms with Crippen LogP contribution in [-0.2, 0) is 20.8 Å². The van der Waals surface area contributed by atoms with Gasteiger partial charge in [-0.2, -0.15) is 16.8 Å². The zero-order chi connectivity index (χ0) is 9.00. The first-order valence-corrected chi connectivity index (χ1v) is 4.19. The Labute approximate surface area is 199 Å². The molecule has 0 fully saturated rings. The van der Waals surface area contributed by atoms with Crippen LogP contribution in [-0.4, -0.2) is 184 Å². The molecule has 0 aliphatic heterocycles. The molecule has 0 aromatic heterocycles. The maximum atomic E-state index is 8.74. The smallest absolute Gasteiger partial charge is 0.316 e. The summed E-state index contributed by atoms with van der Waals surface area (Å²) >= 11 is 0. The zero-order valence-electron chi connectivity index (χ0n) is 4.24. The molecule has 0 radical (unpaired) electrons. The maximum Gasteiger partial charge on any atom is 0.316 e. The summed E-state index contributed by atoms with van der Waals surface area (Å²) < 4.78 is 63.2. The van der Waals surface area contributed by atoms with Crippen molar-refractivity contribution in [2.75, 3.05) is 0 Å². The van der Waals surface area contributed by atoms with Crippen molar-refractivity contribution in [3.63, 3.8) is 0 Å². The molecule has 0 unspecified atom stereocenters. The Hall–Kier alpha value is 4.55. The van der Waals surface area contributed by atoms with Gasteiger partial charge in [0, 0.05) is 0 Å². The normalized spacial score (nSPS) is 8.29. The fourth-order valence-corrected chi connectivity index (χ4v) is 0. The van der Waals surface area contributed by atoms with Crippen molar-refractivity contribution >= 4 is 170 Å². The summed E-state index contributed by atoms with van der Waals surface area (Å²) in [7, 11) is -9.33. The van der Waals surface area contributed by atoms with E-state index < -0.39 is 20.8 Å². The Bertz CT molecular complexity index is 220. The molecule has 0 atom stereocenters. The van der Waals surface area contributed by atoms with Gasteiger partial charge in [-0.05, 0) is 0 Å². The van der Waals surface area contributed by atoms with Gasteiger partial charge in [0.25, 0.3) is 0 Å². The number of hydrogen-bond donors (Lipinski definition) is 4. The number of hydrogen-bond acceptors (Lipinski definition) is 4. The van der Waals surface area contributed by atoms with E-state index >= 15 is 0 Å². The summed E-state index contributed by atoms with van der Waals surface area (Å²) in [5.74, 6) is 0. The maximum absolute atomic E-state index is 8.74. The third kappa shape index (κ3) is 194. The molecule has 0 spiro atoms. The fraction of sp³-hybridized carbons (Fsp3) is 0. The molecule has 0 aromatic carbocycles. The molecule has 0 aromatic rings. The van der Waals surface area contributed by atoms with E-state index in [1.807, 2.05) is 0 Å². The first-order chi connectivity index (χ1) is 4.00. The quantitative estimate of drug-likeness (QED) is 0.257. The molecule has 0 aliphatic carbocycles. The molecular formula is H10K2Mg2O8S2. The van der Waals surface area contributed by atoms with E-state index in [4.69, 9.17) is 35.0 Å². The van der Waals surface area contributed by atoms with Gasteiger partial charge in [0.05, 0.1) is 0 Å². The third-order valence-electron chi connectivity index (χ3n) is 0. The van der Waals surface area contributed by atoms with E-state index in [0.29, 0.717) is 0 Å². The first kappa shape index (κ1) is 36.3. The van der Waals surface area contributed by atoms with Crippen molar-refractivity contribution in [2.45, 2.75) is 0 Å². The van der Waals surface area contributed by atoms with Crippen molar-refractivity contribution < 1.29 is 35.0 Å². The van der Waals surface area contributed by atoms with Crippen molar-refractivity contribution in [3.05, 3.63) is 0 Å². The first-order valence-electron chi connectivity index (χ1n) is 1.40. The SMILES string of the molecule is O=S(=O)(O)O.O=S(=O)(O)O.[KH].[KH].[MgH2].[MgH2]. The Morgan fingerprint density at radius 3 is 0.571 bits per heavy atom. The minimum atomic E-state index is -4.67. The van der Waals surface area contributed by atoms with E-state index in [-0.39, 0.29) is 149 Å². The molecule has 4 N–H and O–H groups in total. The fourth-order valence-electron chi connectivity index (χ4n) is 0. The van der Waals surface area contributed by atoms with Gasteiger partial charge in [0.1, 0.15) is 0 Å². The second-order valence-electron chi connectivity index (χ2n) is 0.896. The van der Waals surface area contributed by atoms with Crippen LogP contribution in [0.15, 0.2) is 0 Å². The summed E-state index contributed by atoms with van der Waals surface area (Å²) in [6, 6.07) is 0. The van der Waals surface area contributed by atoms with Crippen LogP contribution in [0, 0.1) is 0 Å². The minimum absolute atomic E-state index is 0. The summed E-state index contributed by atoms with van der Waals surface area (Å²) in [6.07, 6.45) is 0. The van der Waals surface area contributed by atoms with Gasteiger partial charge in [0.15, 0.2) is 0 Å². The molecule has 0 saturated heterocycles. The van der Waals surface area contributed by atoms with Gasteiger partial charge >= 0.3 is 170 Å². The topological polar surface area (TPSA) is 149 Å². The van der Waals surface area contributed by atoms with E-state index in [1.54, 1.807) is 0 Å². The summed E-state index contributed by atoms with van der Waals surface area (Å²) in [5.41, 5.74) is 0. The average molecular weight is 329 g/mol. The summed E-state index contributed by atoms with van der Waals surface area (Å²) in [6.45, 7) is 0. The van der Waals surface area contributed by atoms with Crippen LogP contribution >= 0.6 is 0 Å². The predicted molar refractivity (Wildman–Crippen MR) is 59.7 cm³/mol. The predicted octanol–water partition coefficient (Wildman–Crippen LogP) is -4.43. The molecular weight excluding hydrogens is 319 g/mol. The molecule has 0 saturated carbocycles. The molecule has 0 rings (SSSR count). The van der Waals surface area contributed by atoms with Crippen molar-refractivity contribution in [2.24, 2.45) is 0 Å². The molecule has 14 heavy (non-hydrogen) atoms. The van der Waals surface area contributed by atoms with Gasteiger partial charge in [-0.1, -0.05) is 0 Å². The van der Waals surface area contributed by atoms with E-state index in [0.717, 1.165) is 0 Å². The molecule has 0 heterocycles. The van der Waals surface area contributed by atoms with Crippen molar-refractivity contribution in [1.82, 2.24) is 0 Å². The molecule has 14 heteroatoms. The van der Waals surface area contributed by atoms with E-state index in [1.165, 1.54) is 0 Å². The van der Waals surface area contributed by atoms with Crippen LogP contribution in [0.5, 0.6) is 0 Å². The van der Waals surface area contributed by atoms with Crippen molar-refractivity contribution in [3.8, 4) is 0 Å². The minimum Gasteiger partial charge on any atom is 0.316 e. The second kappa shape index (κ2) is 17.5.